The smallest absolute Gasteiger partial charge is 0.331 e. The maximum Gasteiger partial charge on any atom is 0.331 e. The third-order valence-electron chi connectivity index (χ3n) is 6.01. The van der Waals surface area contributed by atoms with Crippen LogP contribution in [-0.2, 0) is 19.1 Å². The molecule has 0 aromatic rings. The molecular weight excluding hydrogens is 400 g/mol. The number of hydrogen-bond acceptors (Lipinski definition) is 4. The van der Waals surface area contributed by atoms with E-state index in [1.54, 1.807) is 0 Å². The highest BCUT2D eigenvalue weighted by Gasteiger charge is 2.14. The molecule has 4 nitrogen and oxygen atoms in total. The van der Waals surface area contributed by atoms with Crippen molar-refractivity contribution < 1.29 is 19.1 Å². The molecule has 0 amide bonds. The maximum atomic E-state index is 11.7. The largest absolute Gasteiger partial charge is 0.463 e. The van der Waals surface area contributed by atoms with Crippen LogP contribution in [0.4, 0.5) is 0 Å². The molecule has 0 rings (SSSR count). The van der Waals surface area contributed by atoms with Crippen molar-refractivity contribution in [2.75, 3.05) is 6.61 Å². The van der Waals surface area contributed by atoms with Crippen LogP contribution < -0.4 is 0 Å². The van der Waals surface area contributed by atoms with Gasteiger partial charge in [0.05, 0.1) is 6.61 Å². The number of rotatable bonds is 22. The molecule has 0 aliphatic carbocycles. The SMILES string of the molecule is CCCCCCCCCCCCCCCCCCOC(=O)/C=C/C(=O)OC(CC)C(C)C. The van der Waals surface area contributed by atoms with Gasteiger partial charge in [0.1, 0.15) is 6.10 Å². The summed E-state index contributed by atoms with van der Waals surface area (Å²) in [6, 6.07) is 0. The number of unbranched alkanes of at least 4 members (excludes halogenated alkanes) is 15. The minimum Gasteiger partial charge on any atom is -0.463 e. The Hall–Kier alpha value is -1.32. The molecule has 0 aliphatic rings. The van der Waals surface area contributed by atoms with Crippen LogP contribution in [0.1, 0.15) is 137 Å². The average Bonchev–Trinajstić information content (AvgIpc) is 2.77. The maximum absolute atomic E-state index is 11.7. The molecule has 1 atom stereocenters. The lowest BCUT2D eigenvalue weighted by Crippen LogP contribution is -2.21. The Labute approximate surface area is 198 Å². The predicted molar refractivity (Wildman–Crippen MR) is 135 cm³/mol. The van der Waals surface area contributed by atoms with E-state index in [4.69, 9.17) is 9.47 Å². The molecule has 32 heavy (non-hydrogen) atoms. The van der Waals surface area contributed by atoms with E-state index in [1.165, 1.54) is 102 Å². The molecule has 0 fully saturated rings. The average molecular weight is 453 g/mol. The molecule has 0 heterocycles. The van der Waals surface area contributed by atoms with Gasteiger partial charge in [-0.2, -0.15) is 0 Å². The third kappa shape index (κ3) is 20.6. The summed E-state index contributed by atoms with van der Waals surface area (Å²) in [6.07, 6.45) is 24.1. The fraction of sp³-hybridized carbons (Fsp3) is 0.857. The summed E-state index contributed by atoms with van der Waals surface area (Å²) in [6.45, 7) is 8.69. The molecule has 188 valence electrons. The second kappa shape index (κ2) is 22.9. The minimum atomic E-state index is -0.482. The van der Waals surface area contributed by atoms with Crippen molar-refractivity contribution in [3.05, 3.63) is 12.2 Å². The van der Waals surface area contributed by atoms with Gasteiger partial charge in [-0.25, -0.2) is 9.59 Å². The Morgan fingerprint density at radius 2 is 1.03 bits per heavy atom. The Balaban J connectivity index is 3.42. The standard InChI is InChI=1S/C28H52O4/c1-5-7-8-9-10-11-12-13-14-15-16-17-18-19-20-21-24-31-27(29)22-23-28(30)32-26(6-2)25(3)4/h22-23,25-26H,5-21,24H2,1-4H3/b23-22+. The highest BCUT2D eigenvalue weighted by Crippen LogP contribution is 2.14. The van der Waals surface area contributed by atoms with Crippen LogP contribution in [0.2, 0.25) is 0 Å². The lowest BCUT2D eigenvalue weighted by atomic mass is 10.0. The van der Waals surface area contributed by atoms with Crippen LogP contribution >= 0.6 is 0 Å². The first-order valence-electron chi connectivity index (χ1n) is 13.6. The first-order chi connectivity index (χ1) is 15.5. The van der Waals surface area contributed by atoms with Gasteiger partial charge in [-0.3, -0.25) is 0 Å². The van der Waals surface area contributed by atoms with E-state index < -0.39 is 11.9 Å². The van der Waals surface area contributed by atoms with E-state index in [1.807, 2.05) is 20.8 Å². The van der Waals surface area contributed by atoms with Crippen molar-refractivity contribution >= 4 is 11.9 Å². The van der Waals surface area contributed by atoms with E-state index >= 15 is 0 Å². The monoisotopic (exact) mass is 452 g/mol. The van der Waals surface area contributed by atoms with Gasteiger partial charge in [0.15, 0.2) is 0 Å². The quantitative estimate of drug-likeness (QED) is 0.0941. The van der Waals surface area contributed by atoms with Crippen LogP contribution in [0.3, 0.4) is 0 Å². The summed E-state index contributed by atoms with van der Waals surface area (Å²) in [4.78, 5) is 23.4. The molecule has 1 unspecified atom stereocenters. The summed E-state index contributed by atoms with van der Waals surface area (Å²) < 4.78 is 10.5. The van der Waals surface area contributed by atoms with Gasteiger partial charge in [0.25, 0.3) is 0 Å². The van der Waals surface area contributed by atoms with E-state index in [0.717, 1.165) is 19.3 Å². The molecule has 0 radical (unpaired) electrons. The van der Waals surface area contributed by atoms with Crippen LogP contribution in [0.5, 0.6) is 0 Å². The van der Waals surface area contributed by atoms with Crippen molar-refractivity contribution in [2.24, 2.45) is 5.92 Å². The summed E-state index contributed by atoms with van der Waals surface area (Å²) in [5, 5.41) is 0. The summed E-state index contributed by atoms with van der Waals surface area (Å²) in [7, 11) is 0. The third-order valence-corrected chi connectivity index (χ3v) is 6.01. The Bertz CT molecular complexity index is 470. The number of hydrogen-bond donors (Lipinski definition) is 0. The van der Waals surface area contributed by atoms with E-state index in [9.17, 15) is 9.59 Å². The molecule has 0 N–H and O–H groups in total. The molecule has 0 aromatic heterocycles. The fourth-order valence-electron chi connectivity index (χ4n) is 3.89. The zero-order chi connectivity index (χ0) is 23.9. The summed E-state index contributed by atoms with van der Waals surface area (Å²) in [5.74, 6) is -0.690. The van der Waals surface area contributed by atoms with Gasteiger partial charge >= 0.3 is 11.9 Å². The first kappa shape index (κ1) is 30.7. The molecule has 0 saturated carbocycles. The molecule has 0 bridgehead atoms. The molecule has 0 aliphatic heterocycles. The predicted octanol–water partition coefficient (Wildman–Crippen LogP) is 8.33. The van der Waals surface area contributed by atoms with E-state index in [0.29, 0.717) is 6.61 Å². The highest BCUT2D eigenvalue weighted by atomic mass is 16.5. The second-order valence-corrected chi connectivity index (χ2v) is 9.43. The Kier molecular flexibility index (Phi) is 21.9. The molecule has 0 saturated heterocycles. The summed E-state index contributed by atoms with van der Waals surface area (Å²) >= 11 is 0. The molecule has 0 aromatic carbocycles. The summed E-state index contributed by atoms with van der Waals surface area (Å²) in [5.41, 5.74) is 0. The van der Waals surface area contributed by atoms with Gasteiger partial charge in [0, 0.05) is 12.2 Å². The van der Waals surface area contributed by atoms with Gasteiger partial charge < -0.3 is 9.47 Å². The number of esters is 2. The van der Waals surface area contributed by atoms with Gasteiger partial charge in [-0.05, 0) is 18.8 Å². The Morgan fingerprint density at radius 1 is 0.625 bits per heavy atom. The van der Waals surface area contributed by atoms with Gasteiger partial charge in [0.2, 0.25) is 0 Å². The minimum absolute atomic E-state index is 0.117. The molecule has 0 spiro atoms. The fourth-order valence-corrected chi connectivity index (χ4v) is 3.89. The van der Waals surface area contributed by atoms with Crippen molar-refractivity contribution in [2.45, 2.75) is 143 Å². The second-order valence-electron chi connectivity index (χ2n) is 9.43. The van der Waals surface area contributed by atoms with Crippen LogP contribution in [0.25, 0.3) is 0 Å². The van der Waals surface area contributed by atoms with Crippen LogP contribution in [0.15, 0.2) is 12.2 Å². The number of carbonyl (C=O) groups is 2. The lowest BCUT2D eigenvalue weighted by molar-refractivity contribution is -0.146. The van der Waals surface area contributed by atoms with Crippen molar-refractivity contribution in [1.82, 2.24) is 0 Å². The Morgan fingerprint density at radius 3 is 1.44 bits per heavy atom. The first-order valence-corrected chi connectivity index (χ1v) is 13.6. The number of ether oxygens (including phenoxy) is 2. The van der Waals surface area contributed by atoms with Crippen LogP contribution in [0, 0.1) is 5.92 Å². The molecular formula is C28H52O4. The number of carbonyl (C=O) groups excluding carboxylic acids is 2. The molecule has 4 heteroatoms. The van der Waals surface area contributed by atoms with Gasteiger partial charge in [-0.1, -0.05) is 124 Å². The zero-order valence-electron chi connectivity index (χ0n) is 21.7. The van der Waals surface area contributed by atoms with Crippen molar-refractivity contribution in [1.29, 1.82) is 0 Å². The van der Waals surface area contributed by atoms with Crippen molar-refractivity contribution in [3.8, 4) is 0 Å². The topological polar surface area (TPSA) is 52.6 Å². The van der Waals surface area contributed by atoms with Crippen molar-refractivity contribution in [3.63, 3.8) is 0 Å². The lowest BCUT2D eigenvalue weighted by Gasteiger charge is -2.18. The highest BCUT2D eigenvalue weighted by molar-refractivity contribution is 5.91. The van der Waals surface area contributed by atoms with E-state index in [2.05, 4.69) is 6.92 Å². The zero-order valence-corrected chi connectivity index (χ0v) is 21.7. The normalized spacial score (nSPS) is 12.4. The van der Waals surface area contributed by atoms with Gasteiger partial charge in [-0.15, -0.1) is 0 Å². The van der Waals surface area contributed by atoms with Crippen LogP contribution in [-0.4, -0.2) is 24.6 Å². The van der Waals surface area contributed by atoms with E-state index in [-0.39, 0.29) is 12.0 Å².